The maximum absolute atomic E-state index is 14.6. The summed E-state index contributed by atoms with van der Waals surface area (Å²) < 4.78 is 0. The number of nitrogens with two attached hydrogens (primary N) is 1. The molecule has 0 radical (unpaired) electrons. The molecule has 30 heteroatoms. The number of nitrogens with zero attached hydrogens (tertiary/aromatic N) is 1. The van der Waals surface area contributed by atoms with Crippen LogP contribution in [-0.2, 0) is 80.1 Å². The van der Waals surface area contributed by atoms with Gasteiger partial charge in [-0.05, 0) is 54.9 Å². The monoisotopic (exact) mass is 1040 g/mol. The van der Waals surface area contributed by atoms with Gasteiger partial charge in [0.1, 0.15) is 48.0 Å². The van der Waals surface area contributed by atoms with Gasteiger partial charge in [0.25, 0.3) is 0 Å². The molecule has 1 heterocycles. The third-order valence-electron chi connectivity index (χ3n) is 11.0. The molecule has 1 aliphatic heterocycles. The predicted molar refractivity (Wildman–Crippen MR) is 240 cm³/mol. The molecule has 73 heavy (non-hydrogen) atoms. The van der Waals surface area contributed by atoms with Crippen LogP contribution in [0.15, 0.2) is 18.2 Å². The minimum atomic E-state index is -2.20. The van der Waals surface area contributed by atoms with Crippen molar-refractivity contribution < 1.29 is 108 Å². The van der Waals surface area contributed by atoms with Crippen LogP contribution >= 0.6 is 0 Å². The van der Waals surface area contributed by atoms with E-state index in [2.05, 4.69) is 21.3 Å². The summed E-state index contributed by atoms with van der Waals surface area (Å²) in [5, 5.41) is 89.0. The summed E-state index contributed by atoms with van der Waals surface area (Å²) in [6.07, 6.45) is -8.54. The van der Waals surface area contributed by atoms with Gasteiger partial charge in [-0.2, -0.15) is 0 Å². The Hall–Kier alpha value is -8.44. The van der Waals surface area contributed by atoms with E-state index in [9.17, 15) is 103 Å². The van der Waals surface area contributed by atoms with Crippen LogP contribution < -0.4 is 37.6 Å². The van der Waals surface area contributed by atoms with E-state index in [0.717, 1.165) is 4.90 Å². The lowest BCUT2D eigenvalue weighted by molar-refractivity contribution is -0.147. The van der Waals surface area contributed by atoms with Crippen LogP contribution in [0.1, 0.15) is 89.2 Å². The van der Waals surface area contributed by atoms with Crippen molar-refractivity contribution in [2.45, 2.75) is 139 Å². The fourth-order valence-corrected chi connectivity index (χ4v) is 7.14. The van der Waals surface area contributed by atoms with Gasteiger partial charge in [-0.1, -0.05) is 19.9 Å². The Bertz CT molecular complexity index is 2310. The van der Waals surface area contributed by atoms with Crippen LogP contribution in [0.25, 0.3) is 0 Å². The molecular formula is C43H58N8O22. The zero-order chi connectivity index (χ0) is 55.4. The Balaban J connectivity index is 2.60. The number of phenols is 1. The first-order valence-corrected chi connectivity index (χ1v) is 22.2. The SMILES string of the molecule is CC(C)[C@H](NC(=O)[C@H](CCC(=O)O)NC(=O)[C@H](CCC(=O)O)NC(=O)[C@H]1Cc2cc(O)ccc2CN1C(=O)[C@H](CCC(=O)O)NC(=O)[C@H](CC(=O)O)NC(=O)[C@H](CC(=O)O)NC(=O)[C@@H](N)CCC(=O)O)C(=O)O. The highest BCUT2D eigenvalue weighted by Crippen LogP contribution is 2.28. The number of fused-ring (bicyclic) bond motifs is 1. The van der Waals surface area contributed by atoms with Crippen molar-refractivity contribution in [3.8, 4) is 5.75 Å². The van der Waals surface area contributed by atoms with Crippen molar-refractivity contribution in [1.82, 2.24) is 36.8 Å². The van der Waals surface area contributed by atoms with Gasteiger partial charge in [-0.3, -0.25) is 62.3 Å². The van der Waals surface area contributed by atoms with Crippen molar-refractivity contribution in [1.29, 1.82) is 0 Å². The molecular weight excluding hydrogens is 981 g/mol. The zero-order valence-corrected chi connectivity index (χ0v) is 39.2. The smallest absolute Gasteiger partial charge is 0.326 e. The van der Waals surface area contributed by atoms with Gasteiger partial charge >= 0.3 is 41.8 Å². The molecule has 0 unspecified atom stereocenters. The van der Waals surface area contributed by atoms with E-state index in [1.165, 1.54) is 32.0 Å². The maximum Gasteiger partial charge on any atom is 0.326 e. The molecule has 0 spiro atoms. The Labute approximate surface area is 413 Å². The maximum atomic E-state index is 14.6. The molecule has 0 fully saturated rings. The molecule has 16 N–H and O–H groups in total. The average Bonchev–Trinajstić information content (AvgIpc) is 3.28. The fourth-order valence-electron chi connectivity index (χ4n) is 7.14. The Morgan fingerprint density at radius 1 is 0.534 bits per heavy atom. The number of amides is 7. The van der Waals surface area contributed by atoms with E-state index in [1.807, 2.05) is 10.6 Å². The molecule has 1 aromatic rings. The molecule has 8 atom stereocenters. The van der Waals surface area contributed by atoms with Gasteiger partial charge in [0.15, 0.2) is 0 Å². The summed E-state index contributed by atoms with van der Waals surface area (Å²) in [4.78, 5) is 178. The number of rotatable bonds is 31. The number of benzene rings is 1. The molecule has 0 saturated heterocycles. The normalized spacial score (nSPS) is 15.7. The first-order chi connectivity index (χ1) is 34.0. The van der Waals surface area contributed by atoms with Gasteiger partial charge in [-0.25, -0.2) is 4.79 Å². The number of aliphatic carboxylic acids is 7. The number of hydrogen-bond acceptors (Lipinski definition) is 16. The van der Waals surface area contributed by atoms with Gasteiger partial charge in [0.05, 0.1) is 18.9 Å². The average molecular weight is 1040 g/mol. The fraction of sp³-hybridized carbons (Fsp3) is 0.535. The minimum absolute atomic E-state index is 0.237. The molecule has 1 aliphatic rings. The van der Waals surface area contributed by atoms with Crippen molar-refractivity contribution in [3.05, 3.63) is 29.3 Å². The van der Waals surface area contributed by atoms with E-state index in [-0.39, 0.29) is 16.9 Å². The number of hydrogen-bond donors (Lipinski definition) is 15. The van der Waals surface area contributed by atoms with Crippen LogP contribution in [0.2, 0.25) is 0 Å². The molecule has 0 saturated carbocycles. The largest absolute Gasteiger partial charge is 0.508 e. The molecule has 2 rings (SSSR count). The van der Waals surface area contributed by atoms with E-state index >= 15 is 0 Å². The van der Waals surface area contributed by atoms with Crippen LogP contribution in [-0.4, -0.2) is 177 Å². The number of phenolic OH excluding ortho intramolecular Hbond substituents is 1. The summed E-state index contributed by atoms with van der Waals surface area (Å²) in [6, 6.07) is -11.0. The van der Waals surface area contributed by atoms with E-state index in [0.29, 0.717) is 0 Å². The highest BCUT2D eigenvalue weighted by molar-refractivity contribution is 5.99. The predicted octanol–water partition coefficient (Wildman–Crippen LogP) is -3.97. The van der Waals surface area contributed by atoms with Crippen LogP contribution in [0.5, 0.6) is 5.75 Å². The Morgan fingerprint density at radius 3 is 1.41 bits per heavy atom. The summed E-state index contributed by atoms with van der Waals surface area (Å²) >= 11 is 0. The summed E-state index contributed by atoms with van der Waals surface area (Å²) in [7, 11) is 0. The Kier molecular flexibility index (Phi) is 23.6. The number of aromatic hydroxyl groups is 1. The molecule has 0 bridgehead atoms. The second-order valence-corrected chi connectivity index (χ2v) is 17.0. The number of carboxylic acids is 7. The number of carbonyl (C=O) groups is 14. The first-order valence-electron chi connectivity index (χ1n) is 22.2. The van der Waals surface area contributed by atoms with Gasteiger partial charge in [-0.15, -0.1) is 0 Å². The molecule has 30 nitrogen and oxygen atoms in total. The van der Waals surface area contributed by atoms with Crippen molar-refractivity contribution in [3.63, 3.8) is 0 Å². The van der Waals surface area contributed by atoms with E-state index in [4.69, 9.17) is 10.8 Å². The third kappa shape index (κ3) is 20.4. The van der Waals surface area contributed by atoms with Crippen molar-refractivity contribution in [2.24, 2.45) is 11.7 Å². The lowest BCUT2D eigenvalue weighted by atomic mass is 9.91. The second-order valence-electron chi connectivity index (χ2n) is 17.0. The zero-order valence-electron chi connectivity index (χ0n) is 39.2. The molecule has 0 aromatic heterocycles. The lowest BCUT2D eigenvalue weighted by Crippen LogP contribution is -2.62. The third-order valence-corrected chi connectivity index (χ3v) is 11.0. The standard InChI is InChI=1S/C43H58N8O22/c1-18(2)35(43(72)73)50-38(67)24(7-11-31(57)58)45-37(66)23(6-10-30(55)56)46-41(70)28-14-20-13-21(52)4-3-19(20)17-51(28)42(71)25(8-12-32(59)60)47-39(68)27(16-34(63)64)49-40(69)26(15-33(61)62)48-36(65)22(44)5-9-29(53)54/h3-4,13,18,22-28,35,52H,5-12,14-17,44H2,1-2H3,(H,45,66)(H,46,70)(H,47,68)(H,48,65)(H,49,69)(H,50,67)(H,53,54)(H,55,56)(H,57,58)(H,59,60)(H,61,62)(H,63,64)(H,72,73)/t22-,23-,24-,25-,26-,27-,28+,35-/m0/s1. The van der Waals surface area contributed by atoms with Crippen LogP contribution in [0.3, 0.4) is 0 Å². The molecule has 0 aliphatic carbocycles. The molecule has 1 aromatic carbocycles. The van der Waals surface area contributed by atoms with Gasteiger partial charge in [0, 0.05) is 38.6 Å². The quantitative estimate of drug-likeness (QED) is 0.0337. The van der Waals surface area contributed by atoms with Crippen molar-refractivity contribution in [2.75, 3.05) is 0 Å². The summed E-state index contributed by atoms with van der Waals surface area (Å²) in [5.74, 6) is -20.8. The summed E-state index contributed by atoms with van der Waals surface area (Å²) in [6.45, 7) is 2.34. The molecule has 7 amide bonds. The van der Waals surface area contributed by atoms with E-state index in [1.54, 1.807) is 0 Å². The van der Waals surface area contributed by atoms with Gasteiger partial charge < -0.3 is 83.4 Å². The van der Waals surface area contributed by atoms with Crippen molar-refractivity contribution >= 4 is 83.1 Å². The molecule has 402 valence electrons. The minimum Gasteiger partial charge on any atom is -0.508 e. The van der Waals surface area contributed by atoms with Crippen LogP contribution in [0.4, 0.5) is 0 Å². The highest BCUT2D eigenvalue weighted by Gasteiger charge is 2.41. The number of carboxylic acid groups (broad SMARTS) is 7. The Morgan fingerprint density at radius 2 is 0.945 bits per heavy atom. The first kappa shape index (κ1) is 60.7. The highest BCUT2D eigenvalue weighted by atomic mass is 16.4. The number of carbonyl (C=O) groups excluding carboxylic acids is 7. The van der Waals surface area contributed by atoms with Gasteiger partial charge in [0.2, 0.25) is 41.4 Å². The number of nitrogens with one attached hydrogen (secondary N) is 6. The lowest BCUT2D eigenvalue weighted by Gasteiger charge is -2.39. The summed E-state index contributed by atoms with van der Waals surface area (Å²) in [5.41, 5.74) is 6.17. The van der Waals surface area contributed by atoms with Crippen LogP contribution in [0, 0.1) is 5.92 Å². The van der Waals surface area contributed by atoms with E-state index < -0.39 is 215 Å². The topological polar surface area (TPSA) is 502 Å². The second kappa shape index (κ2) is 28.4.